The van der Waals surface area contributed by atoms with Crippen molar-refractivity contribution in [3.63, 3.8) is 0 Å². The molecule has 194 valence electrons. The highest BCUT2D eigenvalue weighted by atomic mass is 16.7. The summed E-state index contributed by atoms with van der Waals surface area (Å²) >= 11 is 0. The second-order valence-electron chi connectivity index (χ2n) is 9.73. The summed E-state index contributed by atoms with van der Waals surface area (Å²) in [5.74, 6) is 0.419. The van der Waals surface area contributed by atoms with Gasteiger partial charge in [-0.15, -0.1) is 0 Å². The monoisotopic (exact) mass is 496 g/mol. The Morgan fingerprint density at radius 2 is 2.00 bits per heavy atom. The molecule has 2 unspecified atom stereocenters. The molecule has 2 aromatic rings. The highest BCUT2D eigenvalue weighted by molar-refractivity contribution is 6.00. The number of benzene rings is 2. The minimum Gasteiger partial charge on any atom is -0.464 e. The highest BCUT2D eigenvalue weighted by Crippen LogP contribution is 2.30. The number of non-ortho nitro benzene ring substituents is 1. The molecule has 9 heteroatoms. The molecule has 2 atom stereocenters. The zero-order valence-electron chi connectivity index (χ0n) is 21.1. The van der Waals surface area contributed by atoms with E-state index in [1.807, 2.05) is 24.3 Å². The normalized spacial score (nSPS) is 19.1. The summed E-state index contributed by atoms with van der Waals surface area (Å²) in [6.45, 7) is 4.87. The van der Waals surface area contributed by atoms with Crippen molar-refractivity contribution in [1.29, 1.82) is 0 Å². The van der Waals surface area contributed by atoms with Crippen molar-refractivity contribution >= 4 is 17.3 Å². The summed E-state index contributed by atoms with van der Waals surface area (Å²) < 4.78 is 12.1. The van der Waals surface area contributed by atoms with Crippen molar-refractivity contribution in [2.75, 3.05) is 32.0 Å². The third-order valence-corrected chi connectivity index (χ3v) is 6.99. The van der Waals surface area contributed by atoms with E-state index in [1.165, 1.54) is 12.1 Å². The second-order valence-corrected chi connectivity index (χ2v) is 9.73. The SMILES string of the molecule is CCCCC(CNC(=O)c1cc([N+](=O)[O-])ccc1NC1CCN(C)CC1)C1OCc2ccccc2O1. The number of likely N-dealkylation sites (tertiary alicyclic amines) is 1. The number of hydrogen-bond donors (Lipinski definition) is 2. The van der Waals surface area contributed by atoms with E-state index >= 15 is 0 Å². The molecule has 0 saturated carbocycles. The van der Waals surface area contributed by atoms with Gasteiger partial charge in [0.05, 0.1) is 17.1 Å². The first-order chi connectivity index (χ1) is 17.4. The molecule has 4 rings (SSSR count). The molecule has 0 radical (unpaired) electrons. The summed E-state index contributed by atoms with van der Waals surface area (Å²) in [5, 5.41) is 17.9. The number of amides is 1. The topological polar surface area (TPSA) is 106 Å². The summed E-state index contributed by atoms with van der Waals surface area (Å²) in [6.07, 6.45) is 4.26. The summed E-state index contributed by atoms with van der Waals surface area (Å²) in [7, 11) is 2.09. The number of para-hydroxylation sites is 1. The van der Waals surface area contributed by atoms with Gasteiger partial charge in [-0.1, -0.05) is 38.0 Å². The molecule has 1 saturated heterocycles. The molecular weight excluding hydrogens is 460 g/mol. The minimum atomic E-state index is -0.471. The number of unbranched alkanes of at least 4 members (excludes halogenated alkanes) is 1. The van der Waals surface area contributed by atoms with Crippen LogP contribution in [-0.4, -0.2) is 54.7 Å². The van der Waals surface area contributed by atoms with Gasteiger partial charge in [-0.2, -0.15) is 0 Å². The number of piperidine rings is 1. The van der Waals surface area contributed by atoms with Crippen LogP contribution < -0.4 is 15.4 Å². The van der Waals surface area contributed by atoms with Gasteiger partial charge in [0.15, 0.2) is 0 Å². The van der Waals surface area contributed by atoms with Crippen molar-refractivity contribution in [3.8, 4) is 5.75 Å². The number of nitro groups is 1. The number of nitrogens with one attached hydrogen (secondary N) is 2. The fourth-order valence-corrected chi connectivity index (χ4v) is 4.75. The van der Waals surface area contributed by atoms with Gasteiger partial charge in [0.25, 0.3) is 11.6 Å². The molecular formula is C27H36N4O5. The first kappa shape index (κ1) is 25.9. The van der Waals surface area contributed by atoms with E-state index in [9.17, 15) is 14.9 Å². The predicted molar refractivity (Wildman–Crippen MR) is 138 cm³/mol. The molecule has 0 aromatic heterocycles. The lowest BCUT2D eigenvalue weighted by Crippen LogP contribution is -2.41. The number of fused-ring (bicyclic) bond motifs is 1. The lowest BCUT2D eigenvalue weighted by molar-refractivity contribution is -0.384. The van der Waals surface area contributed by atoms with Gasteiger partial charge in [0.2, 0.25) is 6.29 Å². The Hall–Kier alpha value is -3.17. The van der Waals surface area contributed by atoms with Crippen LogP contribution in [0.4, 0.5) is 11.4 Å². The van der Waals surface area contributed by atoms with Crippen molar-refractivity contribution < 1.29 is 19.2 Å². The summed E-state index contributed by atoms with van der Waals surface area (Å²) in [4.78, 5) is 26.5. The standard InChI is InChI=1S/C27H36N4O5/c1-3-4-7-19(27-35-18-20-8-5-6-9-25(20)36-27)17-28-26(32)23-16-22(31(33)34)10-11-24(23)29-21-12-14-30(2)15-13-21/h5-6,8-11,16,19,21,27,29H,3-4,7,12-15,17-18H2,1-2H3,(H,28,32). The van der Waals surface area contributed by atoms with Crippen LogP contribution in [-0.2, 0) is 11.3 Å². The Kier molecular flexibility index (Phi) is 8.77. The van der Waals surface area contributed by atoms with E-state index in [0.29, 0.717) is 18.8 Å². The van der Waals surface area contributed by atoms with Gasteiger partial charge in [-0.25, -0.2) is 0 Å². The van der Waals surface area contributed by atoms with Gasteiger partial charge in [-0.05, 0) is 51.5 Å². The number of ether oxygens (including phenoxy) is 2. The van der Waals surface area contributed by atoms with Crippen LogP contribution in [0.5, 0.6) is 5.75 Å². The van der Waals surface area contributed by atoms with Crippen LogP contribution in [0.2, 0.25) is 0 Å². The number of carbonyl (C=O) groups excluding carboxylic acids is 1. The fourth-order valence-electron chi connectivity index (χ4n) is 4.75. The molecule has 0 spiro atoms. The summed E-state index contributed by atoms with van der Waals surface area (Å²) in [6, 6.07) is 12.5. The first-order valence-electron chi connectivity index (χ1n) is 12.8. The maximum absolute atomic E-state index is 13.3. The van der Waals surface area contributed by atoms with Crippen LogP contribution in [0.3, 0.4) is 0 Å². The number of hydrogen-bond acceptors (Lipinski definition) is 7. The van der Waals surface area contributed by atoms with Crippen LogP contribution >= 0.6 is 0 Å². The Labute approximate surface area is 212 Å². The molecule has 1 fully saturated rings. The van der Waals surface area contributed by atoms with Crippen molar-refractivity contribution in [2.24, 2.45) is 5.92 Å². The Morgan fingerprint density at radius 1 is 1.22 bits per heavy atom. The molecule has 0 bridgehead atoms. The van der Waals surface area contributed by atoms with Crippen LogP contribution in [0.25, 0.3) is 0 Å². The molecule has 0 aliphatic carbocycles. The zero-order chi connectivity index (χ0) is 25.5. The highest BCUT2D eigenvalue weighted by Gasteiger charge is 2.29. The molecule has 2 N–H and O–H groups in total. The molecule has 2 aliphatic heterocycles. The van der Waals surface area contributed by atoms with Gasteiger partial charge in [-0.3, -0.25) is 14.9 Å². The molecule has 2 heterocycles. The smallest absolute Gasteiger partial charge is 0.270 e. The lowest BCUT2D eigenvalue weighted by Gasteiger charge is -2.32. The lowest BCUT2D eigenvalue weighted by atomic mass is 10.00. The van der Waals surface area contributed by atoms with E-state index in [-0.39, 0.29) is 29.1 Å². The van der Waals surface area contributed by atoms with Gasteiger partial charge in [0.1, 0.15) is 5.75 Å². The Morgan fingerprint density at radius 3 is 2.75 bits per heavy atom. The largest absolute Gasteiger partial charge is 0.464 e. The van der Waals surface area contributed by atoms with Gasteiger partial charge >= 0.3 is 0 Å². The van der Waals surface area contributed by atoms with Gasteiger partial charge in [0, 0.05) is 41.9 Å². The molecule has 2 aromatic carbocycles. The zero-order valence-corrected chi connectivity index (χ0v) is 21.1. The van der Waals surface area contributed by atoms with E-state index < -0.39 is 11.2 Å². The number of nitro benzene ring substituents is 1. The van der Waals surface area contributed by atoms with Crippen molar-refractivity contribution in [1.82, 2.24) is 10.2 Å². The van der Waals surface area contributed by atoms with Crippen LogP contribution in [0.1, 0.15) is 54.9 Å². The van der Waals surface area contributed by atoms with E-state index in [4.69, 9.17) is 9.47 Å². The maximum Gasteiger partial charge on any atom is 0.270 e. The average molecular weight is 497 g/mol. The van der Waals surface area contributed by atoms with Crippen molar-refractivity contribution in [3.05, 3.63) is 63.7 Å². The fraction of sp³-hybridized carbons (Fsp3) is 0.519. The van der Waals surface area contributed by atoms with Crippen LogP contribution in [0.15, 0.2) is 42.5 Å². The maximum atomic E-state index is 13.3. The quantitative estimate of drug-likeness (QED) is 0.367. The summed E-state index contributed by atoms with van der Waals surface area (Å²) in [5.41, 5.74) is 1.81. The first-order valence-corrected chi connectivity index (χ1v) is 12.8. The number of rotatable bonds is 10. The number of nitrogens with zero attached hydrogens (tertiary/aromatic N) is 2. The molecule has 2 aliphatic rings. The third-order valence-electron chi connectivity index (χ3n) is 6.99. The second kappa shape index (κ2) is 12.2. The van der Waals surface area contributed by atoms with E-state index in [0.717, 1.165) is 56.5 Å². The Balaban J connectivity index is 1.47. The Bertz CT molecular complexity index is 1050. The number of anilines is 1. The van der Waals surface area contributed by atoms with Crippen LogP contribution in [0, 0.1) is 16.0 Å². The third kappa shape index (κ3) is 6.53. The average Bonchev–Trinajstić information content (AvgIpc) is 2.89. The molecule has 1 amide bonds. The van der Waals surface area contributed by atoms with Crippen molar-refractivity contribution in [2.45, 2.75) is 58.0 Å². The molecule has 9 nitrogen and oxygen atoms in total. The molecule has 36 heavy (non-hydrogen) atoms. The predicted octanol–water partition coefficient (Wildman–Crippen LogP) is 4.57. The van der Waals surface area contributed by atoms with E-state index in [1.54, 1.807) is 6.07 Å². The van der Waals surface area contributed by atoms with E-state index in [2.05, 4.69) is 29.5 Å². The number of carbonyl (C=O) groups is 1. The van der Waals surface area contributed by atoms with Gasteiger partial charge < -0.3 is 25.0 Å². The minimum absolute atomic E-state index is 0.0498.